The van der Waals surface area contributed by atoms with Crippen molar-refractivity contribution in [3.8, 4) is 0 Å². The van der Waals surface area contributed by atoms with E-state index in [1.807, 2.05) is 0 Å². The van der Waals surface area contributed by atoms with Gasteiger partial charge in [-0.1, -0.05) is 55.5 Å². The summed E-state index contributed by atoms with van der Waals surface area (Å²) in [6.45, 7) is 2.03. The number of sulfonamides is 1. The zero-order valence-electron chi connectivity index (χ0n) is 20.2. The number of nitrogens with one attached hydrogen (secondary N) is 1. The maximum Gasteiger partial charge on any atom is 0.248 e. The number of aromatic nitrogens is 1. The summed E-state index contributed by atoms with van der Waals surface area (Å²) in [5, 5.41) is 7.05. The highest BCUT2D eigenvalue weighted by Crippen LogP contribution is 2.30. The van der Waals surface area contributed by atoms with Gasteiger partial charge in [-0.05, 0) is 50.8 Å². The number of hydrogen-bond donors (Lipinski definition) is 1. The topological polar surface area (TPSA) is 92.5 Å². The molecule has 4 rings (SSSR count). The lowest BCUT2D eigenvalue weighted by Crippen LogP contribution is -2.47. The molecule has 0 spiro atoms. The van der Waals surface area contributed by atoms with Gasteiger partial charge in [-0.2, -0.15) is 4.31 Å². The van der Waals surface area contributed by atoms with E-state index in [0.717, 1.165) is 25.7 Å². The van der Waals surface area contributed by atoms with Crippen LogP contribution in [-0.4, -0.2) is 42.9 Å². The van der Waals surface area contributed by atoms with Crippen LogP contribution in [0.2, 0.25) is 0 Å². The van der Waals surface area contributed by atoms with Crippen LogP contribution in [0.1, 0.15) is 74.8 Å². The van der Waals surface area contributed by atoms with Crippen LogP contribution < -0.4 is 5.32 Å². The van der Waals surface area contributed by atoms with Crippen LogP contribution >= 0.6 is 0 Å². The molecule has 7 nitrogen and oxygen atoms in total. The number of benzene rings is 1. The second kappa shape index (κ2) is 11.5. The van der Waals surface area contributed by atoms with E-state index in [2.05, 4.69) is 10.5 Å². The van der Waals surface area contributed by atoms with E-state index in [-0.39, 0.29) is 40.8 Å². The van der Waals surface area contributed by atoms with Crippen molar-refractivity contribution in [2.45, 2.75) is 75.6 Å². The summed E-state index contributed by atoms with van der Waals surface area (Å²) in [6, 6.07) is 6.37. The molecule has 2 heterocycles. The fourth-order valence-electron chi connectivity index (χ4n) is 5.00. The lowest BCUT2D eigenvalue weighted by molar-refractivity contribution is -0.126. The van der Waals surface area contributed by atoms with Crippen LogP contribution in [0.3, 0.4) is 0 Å². The van der Waals surface area contributed by atoms with Gasteiger partial charge in [-0.3, -0.25) is 4.79 Å². The maximum absolute atomic E-state index is 14.0. The lowest BCUT2D eigenvalue weighted by Gasteiger charge is -2.32. The molecular weight excluding hydrogens is 469 g/mol. The predicted octanol–water partition coefficient (Wildman–Crippen LogP) is 4.92. The minimum atomic E-state index is -3.95. The van der Waals surface area contributed by atoms with Crippen molar-refractivity contribution in [3.05, 3.63) is 47.1 Å². The molecular formula is C26H34FN3O4S. The fourth-order valence-corrected chi connectivity index (χ4v) is 6.77. The number of nitrogens with zero attached hydrogens (tertiary/aromatic N) is 2. The van der Waals surface area contributed by atoms with Crippen molar-refractivity contribution in [3.63, 3.8) is 0 Å². The van der Waals surface area contributed by atoms with Crippen molar-refractivity contribution < 1.29 is 22.1 Å². The molecule has 9 heteroatoms. The Bertz CT molecular complexity index is 1150. The third kappa shape index (κ3) is 6.19. The molecule has 0 radical (unpaired) electrons. The smallest absolute Gasteiger partial charge is 0.248 e. The molecule has 1 N–H and O–H groups in total. The van der Waals surface area contributed by atoms with Crippen LogP contribution in [0.15, 0.2) is 33.7 Å². The Labute approximate surface area is 206 Å². The maximum atomic E-state index is 14.0. The first kappa shape index (κ1) is 25.6. The van der Waals surface area contributed by atoms with Crippen LogP contribution in [0.25, 0.3) is 12.2 Å². The predicted molar refractivity (Wildman–Crippen MR) is 132 cm³/mol. The lowest BCUT2D eigenvalue weighted by atomic mass is 9.94. The summed E-state index contributed by atoms with van der Waals surface area (Å²) >= 11 is 0. The highest BCUT2D eigenvalue weighted by Gasteiger charge is 2.37. The third-order valence-corrected chi connectivity index (χ3v) is 8.98. The minimum Gasteiger partial charge on any atom is -0.355 e. The number of piperidine rings is 1. The van der Waals surface area contributed by atoms with Crippen molar-refractivity contribution in [1.82, 2.24) is 14.8 Å². The molecule has 1 atom stereocenters. The van der Waals surface area contributed by atoms with Crippen molar-refractivity contribution in [1.29, 1.82) is 0 Å². The zero-order valence-corrected chi connectivity index (χ0v) is 21.0. The molecule has 0 unspecified atom stereocenters. The van der Waals surface area contributed by atoms with Crippen LogP contribution in [0.4, 0.5) is 4.39 Å². The van der Waals surface area contributed by atoms with Gasteiger partial charge in [0.25, 0.3) is 0 Å². The molecule has 1 aromatic carbocycles. The third-order valence-electron chi connectivity index (χ3n) is 6.96. The van der Waals surface area contributed by atoms with Crippen molar-refractivity contribution >= 4 is 28.1 Å². The molecule has 1 amide bonds. The van der Waals surface area contributed by atoms with Crippen LogP contribution in [0, 0.1) is 18.7 Å². The van der Waals surface area contributed by atoms with Gasteiger partial charge >= 0.3 is 0 Å². The molecule has 2 aliphatic rings. The molecule has 35 heavy (non-hydrogen) atoms. The number of hydrogen-bond acceptors (Lipinski definition) is 5. The number of rotatable bonds is 6. The number of halogens is 1. The van der Waals surface area contributed by atoms with Gasteiger partial charge in [-0.15, -0.1) is 0 Å². The molecule has 1 aliphatic heterocycles. The highest BCUT2D eigenvalue weighted by atomic mass is 32.2. The van der Waals surface area contributed by atoms with Crippen molar-refractivity contribution in [2.75, 3.05) is 13.1 Å². The standard InChI is InChI=1S/C26H34FN3O4S/c1-19-25(24(34-29-19)16-15-20-10-7-8-14-23(20)27)35(32,33)30-17-9-11-21(18-30)26(31)28-22-12-5-3-2-4-6-13-22/h7-8,10,14-16,21-22H,2-6,9,11-13,17-18H2,1H3,(H,28,31)/b16-15+/t21-/m0/s1. The summed E-state index contributed by atoms with van der Waals surface area (Å²) in [7, 11) is -3.95. The molecule has 1 aliphatic carbocycles. The number of amides is 1. The van der Waals surface area contributed by atoms with Gasteiger partial charge in [0.2, 0.25) is 15.9 Å². The molecule has 1 aromatic heterocycles. The Hall–Kier alpha value is -2.52. The average Bonchev–Trinajstić information content (AvgIpc) is 3.21. The van der Waals surface area contributed by atoms with Gasteiger partial charge in [0.15, 0.2) is 10.7 Å². The molecule has 2 aromatic rings. The quantitative estimate of drug-likeness (QED) is 0.604. The second-order valence-corrected chi connectivity index (χ2v) is 11.4. The largest absolute Gasteiger partial charge is 0.355 e. The normalized spacial score (nSPS) is 21.0. The van der Waals surface area contributed by atoms with E-state index in [1.165, 1.54) is 41.8 Å². The van der Waals surface area contributed by atoms with E-state index in [1.54, 1.807) is 25.1 Å². The summed E-state index contributed by atoms with van der Waals surface area (Å²) in [6.07, 6.45) is 12.0. The highest BCUT2D eigenvalue weighted by molar-refractivity contribution is 7.89. The monoisotopic (exact) mass is 503 g/mol. The zero-order chi connectivity index (χ0) is 24.8. The Morgan fingerprint density at radius 1 is 1.09 bits per heavy atom. The summed E-state index contributed by atoms with van der Waals surface area (Å²) in [4.78, 5) is 13.0. The Morgan fingerprint density at radius 3 is 2.54 bits per heavy atom. The van der Waals surface area contributed by atoms with Gasteiger partial charge in [0.1, 0.15) is 11.5 Å². The van der Waals surface area contributed by atoms with Crippen LogP contribution in [0.5, 0.6) is 0 Å². The summed E-state index contributed by atoms with van der Waals surface area (Å²) in [5.41, 5.74) is 0.549. The first-order valence-corrected chi connectivity index (χ1v) is 14.0. The Kier molecular flexibility index (Phi) is 8.38. The van der Waals surface area contributed by atoms with Crippen LogP contribution in [-0.2, 0) is 14.8 Å². The van der Waals surface area contributed by atoms with Gasteiger partial charge in [0.05, 0.1) is 5.92 Å². The van der Waals surface area contributed by atoms with E-state index in [9.17, 15) is 17.6 Å². The van der Waals surface area contributed by atoms with Crippen molar-refractivity contribution in [2.24, 2.45) is 5.92 Å². The van der Waals surface area contributed by atoms with E-state index >= 15 is 0 Å². The van der Waals surface area contributed by atoms with Gasteiger partial charge in [0, 0.05) is 24.7 Å². The summed E-state index contributed by atoms with van der Waals surface area (Å²) < 4.78 is 47.8. The first-order chi connectivity index (χ1) is 16.9. The molecule has 0 bridgehead atoms. The van der Waals surface area contributed by atoms with E-state index < -0.39 is 15.8 Å². The fraction of sp³-hybridized carbons (Fsp3) is 0.538. The number of carbonyl (C=O) groups excluding carboxylic acids is 1. The molecule has 2 fully saturated rings. The minimum absolute atomic E-state index is 0.0360. The number of carbonyl (C=O) groups is 1. The Balaban J connectivity index is 1.48. The second-order valence-electron chi connectivity index (χ2n) is 9.57. The number of aryl methyl sites for hydroxylation is 1. The molecule has 1 saturated heterocycles. The van der Waals surface area contributed by atoms with Gasteiger partial charge in [-0.25, -0.2) is 12.8 Å². The Morgan fingerprint density at radius 2 is 1.80 bits per heavy atom. The average molecular weight is 504 g/mol. The summed E-state index contributed by atoms with van der Waals surface area (Å²) in [5.74, 6) is -0.816. The molecule has 1 saturated carbocycles. The van der Waals surface area contributed by atoms with E-state index in [0.29, 0.717) is 24.9 Å². The molecule has 190 valence electrons. The van der Waals surface area contributed by atoms with Gasteiger partial charge < -0.3 is 9.84 Å². The van der Waals surface area contributed by atoms with E-state index in [4.69, 9.17) is 4.52 Å². The SMILES string of the molecule is Cc1noc(/C=C/c2ccccc2F)c1S(=O)(=O)N1CCC[C@H](C(=O)NC2CCCCCCC2)C1. The first-order valence-electron chi connectivity index (χ1n) is 12.6.